The summed E-state index contributed by atoms with van der Waals surface area (Å²) in [7, 11) is 5.08. The van der Waals surface area contributed by atoms with Crippen LogP contribution in [-0.2, 0) is 13.1 Å². The van der Waals surface area contributed by atoms with Gasteiger partial charge in [-0.15, -0.1) is 0 Å². The molecule has 1 aliphatic rings. The third-order valence-corrected chi connectivity index (χ3v) is 6.52. The van der Waals surface area contributed by atoms with E-state index in [1.165, 1.54) is 12.1 Å². The Hall–Kier alpha value is -4.04. The van der Waals surface area contributed by atoms with Crippen molar-refractivity contribution in [1.82, 2.24) is 15.1 Å². The number of methoxy groups -OCH3 is 2. The molecule has 1 unspecified atom stereocenters. The van der Waals surface area contributed by atoms with Gasteiger partial charge in [-0.3, -0.25) is 10.5 Å². The predicted octanol–water partition coefficient (Wildman–Crippen LogP) is 4.52. The SMILES string of the molecule is COc1cc(CNC(=O)c2cc(CN3C=CN(C)C3N)cc(-c3c(C)cc(F)cc3C)c2)cc(OC)c1. The minimum absolute atomic E-state index is 0.222. The summed E-state index contributed by atoms with van der Waals surface area (Å²) in [5.41, 5.74) is 11.9. The molecule has 0 radical (unpaired) electrons. The highest BCUT2D eigenvalue weighted by Crippen LogP contribution is 2.31. The Balaban J connectivity index is 1.67. The number of nitrogens with one attached hydrogen (secondary N) is 1. The van der Waals surface area contributed by atoms with Crippen molar-refractivity contribution in [2.45, 2.75) is 33.2 Å². The number of aryl methyl sites for hydroxylation is 2. The number of rotatable bonds is 8. The lowest BCUT2D eigenvalue weighted by Gasteiger charge is -2.27. The lowest BCUT2D eigenvalue weighted by atomic mass is 9.92. The van der Waals surface area contributed by atoms with E-state index in [0.29, 0.717) is 30.2 Å². The standard InChI is InChI=1S/C29H33FN4O3/c1-18-8-24(30)9-19(2)27(18)22-10-21(17-34-7-6-33(3)29(34)31)11-23(14-22)28(35)32-16-20-12-25(36-4)15-26(13-20)37-5/h6-15,29H,16-17,31H2,1-5H3,(H,32,35). The predicted molar refractivity (Wildman–Crippen MR) is 142 cm³/mol. The third kappa shape index (κ3) is 5.86. The molecule has 0 saturated heterocycles. The van der Waals surface area contributed by atoms with E-state index < -0.39 is 0 Å². The fraction of sp³-hybridized carbons (Fsp3) is 0.276. The van der Waals surface area contributed by atoms with Crippen molar-refractivity contribution in [3.63, 3.8) is 0 Å². The highest BCUT2D eigenvalue weighted by Gasteiger charge is 2.21. The van der Waals surface area contributed by atoms with Crippen molar-refractivity contribution in [3.8, 4) is 22.6 Å². The van der Waals surface area contributed by atoms with Gasteiger partial charge in [0, 0.05) is 44.2 Å². The Bertz CT molecular complexity index is 1300. The van der Waals surface area contributed by atoms with E-state index in [9.17, 15) is 9.18 Å². The average molecular weight is 505 g/mol. The number of carbonyl (C=O) groups excluding carboxylic acids is 1. The Labute approximate surface area is 217 Å². The molecule has 1 atom stereocenters. The highest BCUT2D eigenvalue weighted by atomic mass is 19.1. The Morgan fingerprint density at radius 3 is 2.16 bits per heavy atom. The van der Waals surface area contributed by atoms with E-state index in [0.717, 1.165) is 33.4 Å². The van der Waals surface area contributed by atoms with Gasteiger partial charge in [0.05, 0.1) is 14.2 Å². The van der Waals surface area contributed by atoms with Crippen LogP contribution < -0.4 is 20.5 Å². The monoisotopic (exact) mass is 504 g/mol. The molecule has 37 heavy (non-hydrogen) atoms. The summed E-state index contributed by atoms with van der Waals surface area (Å²) < 4.78 is 24.7. The van der Waals surface area contributed by atoms with Crippen LogP contribution in [0.25, 0.3) is 11.1 Å². The molecule has 3 aromatic rings. The molecule has 0 aliphatic carbocycles. The van der Waals surface area contributed by atoms with E-state index in [-0.39, 0.29) is 18.0 Å². The molecule has 3 N–H and O–H groups in total. The van der Waals surface area contributed by atoms with Crippen molar-refractivity contribution in [2.24, 2.45) is 5.73 Å². The lowest BCUT2D eigenvalue weighted by Crippen LogP contribution is -2.43. The third-order valence-electron chi connectivity index (χ3n) is 6.52. The van der Waals surface area contributed by atoms with Crippen molar-refractivity contribution < 1.29 is 18.7 Å². The average Bonchev–Trinajstić information content (AvgIpc) is 3.18. The summed E-state index contributed by atoms with van der Waals surface area (Å²) >= 11 is 0. The van der Waals surface area contributed by atoms with E-state index in [1.807, 2.05) is 73.4 Å². The van der Waals surface area contributed by atoms with Crippen LogP contribution in [0.5, 0.6) is 11.5 Å². The van der Waals surface area contributed by atoms with Gasteiger partial charge < -0.3 is 24.6 Å². The molecular formula is C29H33FN4O3. The number of nitrogens with zero attached hydrogens (tertiary/aromatic N) is 2. The molecule has 194 valence electrons. The molecule has 1 amide bonds. The normalized spacial score (nSPS) is 14.7. The first-order valence-electron chi connectivity index (χ1n) is 12.0. The Morgan fingerprint density at radius 2 is 1.59 bits per heavy atom. The van der Waals surface area contributed by atoms with Crippen LogP contribution in [0.4, 0.5) is 4.39 Å². The number of carbonyl (C=O) groups is 1. The second-order valence-electron chi connectivity index (χ2n) is 9.29. The van der Waals surface area contributed by atoms with Gasteiger partial charge in [-0.05, 0) is 89.7 Å². The largest absolute Gasteiger partial charge is 0.497 e. The van der Waals surface area contributed by atoms with Gasteiger partial charge in [-0.2, -0.15) is 0 Å². The molecule has 1 heterocycles. The smallest absolute Gasteiger partial charge is 0.251 e. The highest BCUT2D eigenvalue weighted by molar-refractivity contribution is 5.96. The Morgan fingerprint density at radius 1 is 0.946 bits per heavy atom. The Kier molecular flexibility index (Phi) is 7.69. The zero-order valence-electron chi connectivity index (χ0n) is 21.8. The molecule has 0 spiro atoms. The van der Waals surface area contributed by atoms with E-state index in [4.69, 9.17) is 15.2 Å². The number of halogens is 1. The molecule has 0 fully saturated rings. The summed E-state index contributed by atoms with van der Waals surface area (Å²) in [4.78, 5) is 17.3. The van der Waals surface area contributed by atoms with Gasteiger partial charge in [-0.1, -0.05) is 0 Å². The second-order valence-corrected chi connectivity index (χ2v) is 9.29. The van der Waals surface area contributed by atoms with Gasteiger partial charge in [0.1, 0.15) is 17.3 Å². The summed E-state index contributed by atoms with van der Waals surface area (Å²) in [6.07, 6.45) is 3.55. The fourth-order valence-electron chi connectivity index (χ4n) is 4.64. The first kappa shape index (κ1) is 26.0. The van der Waals surface area contributed by atoms with Gasteiger partial charge in [0.25, 0.3) is 5.91 Å². The number of ether oxygens (including phenoxy) is 2. The lowest BCUT2D eigenvalue weighted by molar-refractivity contribution is 0.0950. The van der Waals surface area contributed by atoms with E-state index in [2.05, 4.69) is 5.32 Å². The van der Waals surface area contributed by atoms with Crippen LogP contribution >= 0.6 is 0 Å². The van der Waals surface area contributed by atoms with Crippen molar-refractivity contribution in [1.29, 1.82) is 0 Å². The quantitative estimate of drug-likeness (QED) is 0.470. The van der Waals surface area contributed by atoms with Gasteiger partial charge in [-0.25, -0.2) is 4.39 Å². The van der Waals surface area contributed by atoms with Crippen LogP contribution in [0.3, 0.4) is 0 Å². The van der Waals surface area contributed by atoms with Crippen LogP contribution in [0.2, 0.25) is 0 Å². The minimum atomic E-state index is -0.293. The first-order chi connectivity index (χ1) is 17.7. The van der Waals surface area contributed by atoms with Crippen molar-refractivity contribution in [2.75, 3.05) is 21.3 Å². The van der Waals surface area contributed by atoms with Crippen LogP contribution in [0.1, 0.15) is 32.6 Å². The number of hydrogen-bond acceptors (Lipinski definition) is 6. The topological polar surface area (TPSA) is 80.1 Å². The molecule has 0 bridgehead atoms. The maximum Gasteiger partial charge on any atom is 0.251 e. The van der Waals surface area contributed by atoms with Gasteiger partial charge in [0.2, 0.25) is 0 Å². The number of amides is 1. The summed E-state index contributed by atoms with van der Waals surface area (Å²) in [5, 5.41) is 3.00. The maximum absolute atomic E-state index is 14.0. The van der Waals surface area contributed by atoms with E-state index in [1.54, 1.807) is 20.3 Å². The van der Waals surface area contributed by atoms with Crippen molar-refractivity contribution in [3.05, 3.63) is 94.6 Å². The molecule has 4 rings (SSSR count). The number of hydrogen-bond donors (Lipinski definition) is 2. The fourth-order valence-corrected chi connectivity index (χ4v) is 4.64. The molecule has 3 aromatic carbocycles. The molecule has 1 aliphatic heterocycles. The van der Waals surface area contributed by atoms with E-state index >= 15 is 0 Å². The summed E-state index contributed by atoms with van der Waals surface area (Å²) in [6, 6.07) is 14.3. The summed E-state index contributed by atoms with van der Waals surface area (Å²) in [6.45, 7) is 4.57. The van der Waals surface area contributed by atoms with Gasteiger partial charge in [0.15, 0.2) is 6.29 Å². The number of nitrogens with two attached hydrogens (primary N) is 1. The van der Waals surface area contributed by atoms with Crippen LogP contribution in [0.15, 0.2) is 60.9 Å². The molecule has 0 saturated carbocycles. The van der Waals surface area contributed by atoms with Crippen molar-refractivity contribution >= 4 is 5.91 Å². The summed E-state index contributed by atoms with van der Waals surface area (Å²) in [5.74, 6) is 0.795. The molecular weight excluding hydrogens is 471 g/mol. The minimum Gasteiger partial charge on any atom is -0.497 e. The number of benzene rings is 3. The van der Waals surface area contributed by atoms with Crippen LogP contribution in [-0.4, -0.2) is 43.3 Å². The molecule has 0 aromatic heterocycles. The van der Waals surface area contributed by atoms with Gasteiger partial charge >= 0.3 is 0 Å². The zero-order valence-corrected chi connectivity index (χ0v) is 21.8. The molecule has 7 nitrogen and oxygen atoms in total. The second kappa shape index (κ2) is 10.9. The molecule has 8 heteroatoms. The first-order valence-corrected chi connectivity index (χ1v) is 12.0. The zero-order chi connectivity index (χ0) is 26.7. The van der Waals surface area contributed by atoms with Crippen LogP contribution in [0, 0.1) is 19.7 Å². The maximum atomic E-state index is 14.0.